The molecule has 2 amide bonds. The molecule has 6 nitrogen and oxygen atoms in total. The zero-order valence-corrected chi connectivity index (χ0v) is 23.0. The van der Waals surface area contributed by atoms with Gasteiger partial charge in [-0.05, 0) is 38.3 Å². The second-order valence-corrected chi connectivity index (χ2v) is 11.9. The number of amides is 2. The monoisotopic (exact) mass is 524 g/mol. The fraction of sp³-hybridized carbons (Fsp3) is 0.393. The Morgan fingerprint density at radius 2 is 1.81 bits per heavy atom. The van der Waals surface area contributed by atoms with E-state index >= 15 is 0 Å². The molecular weight excluding hydrogens is 492 g/mol. The Morgan fingerprint density at radius 1 is 1.14 bits per heavy atom. The molecule has 0 aliphatic carbocycles. The van der Waals surface area contributed by atoms with Crippen LogP contribution in [0.25, 0.3) is 11.3 Å². The summed E-state index contributed by atoms with van der Waals surface area (Å²) in [6.07, 6.45) is 0. The quantitative estimate of drug-likeness (QED) is 0.436. The van der Waals surface area contributed by atoms with Gasteiger partial charge in [0.25, 0.3) is 0 Å². The minimum atomic E-state index is -0.440. The largest absolute Gasteiger partial charge is 0.354 e. The summed E-state index contributed by atoms with van der Waals surface area (Å²) in [6, 6.07) is 17.7. The summed E-state index contributed by atoms with van der Waals surface area (Å²) in [5.41, 5.74) is 3.13. The molecule has 0 saturated heterocycles. The highest BCUT2D eigenvalue weighted by Gasteiger charge is 2.39. The molecule has 2 aromatic carbocycles. The van der Waals surface area contributed by atoms with Crippen LogP contribution < -0.4 is 10.2 Å². The second kappa shape index (κ2) is 10.7. The number of fused-ring (bicyclic) bond motifs is 1. The molecule has 0 unspecified atom stereocenters. The van der Waals surface area contributed by atoms with Crippen molar-refractivity contribution < 1.29 is 9.59 Å². The predicted molar refractivity (Wildman–Crippen MR) is 149 cm³/mol. The first-order chi connectivity index (χ1) is 17.1. The lowest BCUT2D eigenvalue weighted by molar-refractivity contribution is -0.123. The Hall–Kier alpha value is -2.77. The molecular formula is C28H33ClN4O2S. The molecule has 0 spiro atoms. The Balaban J connectivity index is 1.97. The molecule has 4 rings (SSSR count). The molecule has 0 saturated carbocycles. The maximum atomic E-state index is 13.6. The van der Waals surface area contributed by atoms with Crippen molar-refractivity contribution in [1.29, 1.82) is 0 Å². The van der Waals surface area contributed by atoms with E-state index in [9.17, 15) is 9.59 Å². The summed E-state index contributed by atoms with van der Waals surface area (Å²) in [6.45, 7) is 10.7. The van der Waals surface area contributed by atoms with Crippen LogP contribution in [0.15, 0.2) is 54.6 Å². The van der Waals surface area contributed by atoms with Crippen molar-refractivity contribution in [2.45, 2.75) is 45.4 Å². The minimum absolute atomic E-state index is 0.0651. The maximum absolute atomic E-state index is 13.6. The molecule has 8 heteroatoms. The molecule has 1 aromatic heterocycles. The summed E-state index contributed by atoms with van der Waals surface area (Å²) >= 11 is 8.22. The SMILES string of the molecule is CC(C)CNC(=O)CN1C(=O)CS[C@H](c2ccccc2Cl)c2c(-c3ccccc3)nn(C(C)(C)C)c21. The van der Waals surface area contributed by atoms with Crippen LogP contribution in [0, 0.1) is 5.92 Å². The number of anilines is 1. The van der Waals surface area contributed by atoms with Crippen LogP contribution in [-0.2, 0) is 15.1 Å². The number of thioether (sulfide) groups is 1. The smallest absolute Gasteiger partial charge is 0.240 e. The first kappa shape index (κ1) is 26.3. The van der Waals surface area contributed by atoms with Gasteiger partial charge in [0.05, 0.1) is 22.2 Å². The standard InChI is InChI=1S/C28H33ClN4O2S/c1-18(2)15-30-22(34)16-32-23(35)17-36-26(20-13-9-10-14-21(20)29)24-25(19-11-7-6-8-12-19)31-33(27(24)32)28(3,4)5/h6-14,18,26H,15-17H2,1-5H3,(H,30,34)/t26-/m1/s1. The zero-order valence-electron chi connectivity index (χ0n) is 21.4. The van der Waals surface area contributed by atoms with Gasteiger partial charge in [-0.2, -0.15) is 5.10 Å². The molecule has 36 heavy (non-hydrogen) atoms. The first-order valence-corrected chi connectivity index (χ1v) is 13.6. The lowest BCUT2D eigenvalue weighted by Crippen LogP contribution is -2.44. The number of halogens is 1. The van der Waals surface area contributed by atoms with E-state index in [4.69, 9.17) is 16.7 Å². The lowest BCUT2D eigenvalue weighted by Gasteiger charge is -2.29. The second-order valence-electron chi connectivity index (χ2n) is 10.4. The van der Waals surface area contributed by atoms with E-state index < -0.39 is 5.54 Å². The van der Waals surface area contributed by atoms with Gasteiger partial charge in [0.15, 0.2) is 0 Å². The number of rotatable bonds is 6. The third-order valence-corrected chi connectivity index (χ3v) is 7.55. The Morgan fingerprint density at radius 3 is 2.44 bits per heavy atom. The average molecular weight is 525 g/mol. The van der Waals surface area contributed by atoms with E-state index in [0.29, 0.717) is 23.3 Å². The van der Waals surface area contributed by atoms with Crippen molar-refractivity contribution in [2.75, 3.05) is 23.7 Å². The highest BCUT2D eigenvalue weighted by atomic mass is 35.5. The number of benzene rings is 2. The normalized spacial score (nSPS) is 16.1. The number of aromatic nitrogens is 2. The van der Waals surface area contributed by atoms with Gasteiger partial charge in [0.2, 0.25) is 11.8 Å². The Labute approximate surface area is 222 Å². The van der Waals surface area contributed by atoms with Gasteiger partial charge in [-0.3, -0.25) is 14.5 Å². The van der Waals surface area contributed by atoms with Crippen molar-refractivity contribution in [1.82, 2.24) is 15.1 Å². The van der Waals surface area contributed by atoms with Crippen LogP contribution in [-0.4, -0.2) is 40.4 Å². The molecule has 1 N–H and O–H groups in total. The van der Waals surface area contributed by atoms with Gasteiger partial charge in [-0.15, -0.1) is 11.8 Å². The molecule has 3 aromatic rings. The van der Waals surface area contributed by atoms with Crippen LogP contribution in [0.4, 0.5) is 5.82 Å². The van der Waals surface area contributed by atoms with Crippen LogP contribution in [0.2, 0.25) is 5.02 Å². The highest BCUT2D eigenvalue weighted by molar-refractivity contribution is 8.00. The predicted octanol–water partition coefficient (Wildman–Crippen LogP) is 5.90. The first-order valence-electron chi connectivity index (χ1n) is 12.2. The summed E-state index contributed by atoms with van der Waals surface area (Å²) < 4.78 is 1.90. The van der Waals surface area contributed by atoms with E-state index in [0.717, 1.165) is 22.4 Å². The van der Waals surface area contributed by atoms with Gasteiger partial charge >= 0.3 is 0 Å². The molecule has 0 bridgehead atoms. The lowest BCUT2D eigenvalue weighted by atomic mass is 9.99. The van der Waals surface area contributed by atoms with Gasteiger partial charge in [0, 0.05) is 22.7 Å². The van der Waals surface area contributed by atoms with E-state index in [2.05, 4.69) is 26.1 Å². The number of nitrogens with one attached hydrogen (secondary N) is 1. The van der Waals surface area contributed by atoms with Crippen LogP contribution in [0.3, 0.4) is 0 Å². The summed E-state index contributed by atoms with van der Waals surface area (Å²) in [5.74, 6) is 0.878. The summed E-state index contributed by atoms with van der Waals surface area (Å²) in [5, 5.41) is 8.45. The van der Waals surface area contributed by atoms with E-state index in [1.807, 2.05) is 73.1 Å². The number of nitrogens with zero attached hydrogens (tertiary/aromatic N) is 3. The van der Waals surface area contributed by atoms with Crippen molar-refractivity contribution in [2.24, 2.45) is 5.92 Å². The maximum Gasteiger partial charge on any atom is 0.240 e. The van der Waals surface area contributed by atoms with Gasteiger partial charge in [-0.25, -0.2) is 4.68 Å². The fourth-order valence-corrected chi connectivity index (χ4v) is 5.79. The van der Waals surface area contributed by atoms with Crippen molar-refractivity contribution in [3.05, 3.63) is 70.7 Å². The third kappa shape index (κ3) is 5.47. The van der Waals surface area contributed by atoms with Crippen molar-refractivity contribution >= 4 is 41.0 Å². The Bertz CT molecular complexity index is 1250. The molecule has 1 atom stereocenters. The van der Waals surface area contributed by atoms with Crippen LogP contribution in [0.1, 0.15) is 51.0 Å². The van der Waals surface area contributed by atoms with Gasteiger partial charge in [0.1, 0.15) is 12.4 Å². The number of carbonyl (C=O) groups excluding carboxylic acids is 2. The van der Waals surface area contributed by atoms with Gasteiger partial charge in [-0.1, -0.05) is 74.0 Å². The summed E-state index contributed by atoms with van der Waals surface area (Å²) in [7, 11) is 0. The van der Waals surface area contributed by atoms with Crippen molar-refractivity contribution in [3.63, 3.8) is 0 Å². The third-order valence-electron chi connectivity index (χ3n) is 5.97. The molecule has 1 aliphatic rings. The molecule has 2 heterocycles. The zero-order chi connectivity index (χ0) is 26.0. The van der Waals surface area contributed by atoms with Gasteiger partial charge < -0.3 is 5.32 Å². The topological polar surface area (TPSA) is 67.2 Å². The highest BCUT2D eigenvalue weighted by Crippen LogP contribution is 2.50. The molecule has 0 fully saturated rings. The van der Waals surface area contributed by atoms with E-state index in [1.165, 1.54) is 11.8 Å². The number of carbonyl (C=O) groups is 2. The minimum Gasteiger partial charge on any atom is -0.354 e. The Kier molecular flexibility index (Phi) is 7.81. The van der Waals surface area contributed by atoms with Crippen LogP contribution >= 0.6 is 23.4 Å². The van der Waals surface area contributed by atoms with E-state index in [-0.39, 0.29) is 29.4 Å². The van der Waals surface area contributed by atoms with E-state index in [1.54, 1.807) is 4.90 Å². The fourth-order valence-electron chi connectivity index (χ4n) is 4.25. The van der Waals surface area contributed by atoms with Crippen molar-refractivity contribution in [3.8, 4) is 11.3 Å². The summed E-state index contributed by atoms with van der Waals surface area (Å²) in [4.78, 5) is 28.2. The number of hydrogen-bond acceptors (Lipinski definition) is 4. The number of hydrogen-bond donors (Lipinski definition) is 1. The molecule has 1 aliphatic heterocycles. The molecule has 190 valence electrons. The molecule has 0 radical (unpaired) electrons. The average Bonchev–Trinajstić information content (AvgIpc) is 3.17. The van der Waals surface area contributed by atoms with Crippen LogP contribution in [0.5, 0.6) is 0 Å².